The first kappa shape index (κ1) is 7.68. The van der Waals surface area contributed by atoms with Gasteiger partial charge in [0.2, 0.25) is 0 Å². The fraction of sp³-hybridized carbons (Fsp3) is 0.143. The summed E-state index contributed by atoms with van der Waals surface area (Å²) in [6, 6.07) is 4.91. The molecule has 1 rings (SSSR count). The highest BCUT2D eigenvalue weighted by atomic mass is 16.5. The molecule has 0 atom stereocenters. The van der Waals surface area contributed by atoms with Gasteiger partial charge in [0.1, 0.15) is 0 Å². The molecule has 1 aromatic rings. The molecule has 0 bridgehead atoms. The summed E-state index contributed by atoms with van der Waals surface area (Å²) < 4.78 is 4.87. The Morgan fingerprint density at radius 3 is 2.73 bits per heavy atom. The highest BCUT2D eigenvalue weighted by Gasteiger charge is 2.04. The zero-order chi connectivity index (χ0) is 8.27. The molecule has 0 saturated heterocycles. The maximum atomic E-state index is 9.20. The van der Waals surface area contributed by atoms with Crippen molar-refractivity contribution in [2.75, 3.05) is 12.5 Å². The third-order valence-corrected chi connectivity index (χ3v) is 1.35. The number of anilines is 1. The monoisotopic (exact) mass is 154 g/mol. The minimum atomic E-state index is 0.0722. The molecule has 11 heavy (non-hydrogen) atoms. The van der Waals surface area contributed by atoms with E-state index in [9.17, 15) is 5.11 Å². The number of phenols is 1. The second-order valence-corrected chi connectivity index (χ2v) is 2.00. The van der Waals surface area contributed by atoms with Crippen LogP contribution in [0.2, 0.25) is 0 Å². The fourth-order valence-electron chi connectivity index (χ4n) is 0.853. The number of hydrazine groups is 1. The molecule has 4 N–H and O–H groups in total. The molecule has 0 fully saturated rings. The Morgan fingerprint density at radius 2 is 2.27 bits per heavy atom. The van der Waals surface area contributed by atoms with Crippen molar-refractivity contribution in [3.05, 3.63) is 18.2 Å². The van der Waals surface area contributed by atoms with Crippen molar-refractivity contribution >= 4 is 5.69 Å². The van der Waals surface area contributed by atoms with Gasteiger partial charge in [-0.15, -0.1) is 0 Å². The predicted molar refractivity (Wildman–Crippen MR) is 42.5 cm³/mol. The molecule has 0 aliphatic rings. The number of para-hydroxylation sites is 1. The van der Waals surface area contributed by atoms with E-state index in [0.29, 0.717) is 11.4 Å². The number of aromatic hydroxyl groups is 1. The summed E-state index contributed by atoms with van der Waals surface area (Å²) in [5.74, 6) is 5.58. The number of methoxy groups -OCH3 is 1. The molecule has 60 valence electrons. The summed E-state index contributed by atoms with van der Waals surface area (Å²) in [5.41, 5.74) is 2.96. The van der Waals surface area contributed by atoms with E-state index in [1.165, 1.54) is 13.2 Å². The van der Waals surface area contributed by atoms with E-state index < -0.39 is 0 Å². The lowest BCUT2D eigenvalue weighted by atomic mass is 10.3. The van der Waals surface area contributed by atoms with Gasteiger partial charge in [-0.2, -0.15) is 0 Å². The summed E-state index contributed by atoms with van der Waals surface area (Å²) in [5, 5.41) is 9.20. The average molecular weight is 154 g/mol. The average Bonchev–Trinajstić information content (AvgIpc) is 2.04. The van der Waals surface area contributed by atoms with Crippen LogP contribution in [0.1, 0.15) is 0 Å². The molecule has 0 aliphatic carbocycles. The molecule has 0 spiro atoms. The van der Waals surface area contributed by atoms with Crippen LogP contribution in [0.4, 0.5) is 5.69 Å². The van der Waals surface area contributed by atoms with E-state index in [0.717, 1.165) is 0 Å². The minimum Gasteiger partial charge on any atom is -0.504 e. The number of hydrogen-bond acceptors (Lipinski definition) is 4. The fourth-order valence-corrected chi connectivity index (χ4v) is 0.853. The SMILES string of the molecule is COc1c(O)cccc1NN. The van der Waals surface area contributed by atoms with Crippen molar-refractivity contribution in [2.24, 2.45) is 5.84 Å². The first-order chi connectivity index (χ1) is 5.29. The van der Waals surface area contributed by atoms with Crippen LogP contribution < -0.4 is 16.0 Å². The first-order valence-electron chi connectivity index (χ1n) is 3.12. The second kappa shape index (κ2) is 3.12. The van der Waals surface area contributed by atoms with Crippen LogP contribution in [-0.2, 0) is 0 Å². The highest BCUT2D eigenvalue weighted by molar-refractivity contribution is 5.61. The lowest BCUT2D eigenvalue weighted by Crippen LogP contribution is -2.07. The van der Waals surface area contributed by atoms with Gasteiger partial charge in [0.15, 0.2) is 11.5 Å². The molecule has 0 unspecified atom stereocenters. The van der Waals surface area contributed by atoms with Crippen molar-refractivity contribution < 1.29 is 9.84 Å². The van der Waals surface area contributed by atoms with E-state index in [4.69, 9.17) is 10.6 Å². The Balaban J connectivity index is 3.13. The van der Waals surface area contributed by atoms with E-state index in [1.807, 2.05) is 0 Å². The number of nitrogens with two attached hydrogens (primary N) is 1. The second-order valence-electron chi connectivity index (χ2n) is 2.00. The van der Waals surface area contributed by atoms with Gasteiger partial charge in [0.25, 0.3) is 0 Å². The van der Waals surface area contributed by atoms with E-state index in [2.05, 4.69) is 5.43 Å². The maximum absolute atomic E-state index is 9.20. The maximum Gasteiger partial charge on any atom is 0.185 e. The summed E-state index contributed by atoms with van der Waals surface area (Å²) in [7, 11) is 1.47. The van der Waals surface area contributed by atoms with Gasteiger partial charge in [-0.1, -0.05) is 6.07 Å². The van der Waals surface area contributed by atoms with Gasteiger partial charge in [0, 0.05) is 0 Å². The summed E-state index contributed by atoms with van der Waals surface area (Å²) >= 11 is 0. The largest absolute Gasteiger partial charge is 0.504 e. The number of ether oxygens (including phenoxy) is 1. The third-order valence-electron chi connectivity index (χ3n) is 1.35. The standard InChI is InChI=1S/C7H10N2O2/c1-11-7-5(9-8)3-2-4-6(7)10/h2-4,9-10H,8H2,1H3. The molecular weight excluding hydrogens is 144 g/mol. The Kier molecular flexibility index (Phi) is 2.18. The van der Waals surface area contributed by atoms with Crippen LogP contribution >= 0.6 is 0 Å². The molecule has 0 amide bonds. The number of rotatable bonds is 2. The van der Waals surface area contributed by atoms with Crippen molar-refractivity contribution in [1.82, 2.24) is 0 Å². The molecule has 0 radical (unpaired) electrons. The first-order valence-corrected chi connectivity index (χ1v) is 3.12. The molecule has 0 heterocycles. The predicted octanol–water partition coefficient (Wildman–Crippen LogP) is 0.686. The Morgan fingerprint density at radius 1 is 1.55 bits per heavy atom. The Hall–Kier alpha value is -1.42. The molecule has 4 nitrogen and oxygen atoms in total. The summed E-state index contributed by atoms with van der Waals surface area (Å²) in [6.07, 6.45) is 0. The number of phenolic OH excluding ortho intramolecular Hbond substituents is 1. The Labute approximate surface area is 64.6 Å². The third kappa shape index (κ3) is 1.35. The summed E-state index contributed by atoms with van der Waals surface area (Å²) in [4.78, 5) is 0. The zero-order valence-electron chi connectivity index (χ0n) is 6.16. The smallest absolute Gasteiger partial charge is 0.185 e. The van der Waals surface area contributed by atoms with Crippen LogP contribution in [0.5, 0.6) is 11.5 Å². The van der Waals surface area contributed by atoms with Crippen molar-refractivity contribution in [3.8, 4) is 11.5 Å². The van der Waals surface area contributed by atoms with Gasteiger partial charge in [-0.05, 0) is 12.1 Å². The van der Waals surface area contributed by atoms with Crippen LogP contribution in [-0.4, -0.2) is 12.2 Å². The summed E-state index contributed by atoms with van der Waals surface area (Å²) in [6.45, 7) is 0. The van der Waals surface area contributed by atoms with Gasteiger partial charge >= 0.3 is 0 Å². The zero-order valence-corrected chi connectivity index (χ0v) is 6.16. The number of nitrogen functional groups attached to an aromatic ring is 1. The van der Waals surface area contributed by atoms with E-state index in [1.54, 1.807) is 12.1 Å². The normalized spacial score (nSPS) is 9.27. The number of hydrogen-bond donors (Lipinski definition) is 3. The van der Waals surface area contributed by atoms with Crippen molar-refractivity contribution in [3.63, 3.8) is 0 Å². The highest BCUT2D eigenvalue weighted by Crippen LogP contribution is 2.32. The molecule has 4 heteroatoms. The van der Waals surface area contributed by atoms with Crippen LogP contribution in [0.3, 0.4) is 0 Å². The van der Waals surface area contributed by atoms with Gasteiger partial charge < -0.3 is 15.3 Å². The minimum absolute atomic E-state index is 0.0722. The topological polar surface area (TPSA) is 67.5 Å². The number of benzene rings is 1. The molecule has 0 aromatic heterocycles. The number of nitrogens with one attached hydrogen (secondary N) is 1. The van der Waals surface area contributed by atoms with Crippen LogP contribution in [0, 0.1) is 0 Å². The van der Waals surface area contributed by atoms with Gasteiger partial charge in [0.05, 0.1) is 12.8 Å². The van der Waals surface area contributed by atoms with Crippen molar-refractivity contribution in [1.29, 1.82) is 0 Å². The van der Waals surface area contributed by atoms with Gasteiger partial charge in [-0.25, -0.2) is 0 Å². The lowest BCUT2D eigenvalue weighted by Gasteiger charge is -2.07. The van der Waals surface area contributed by atoms with E-state index >= 15 is 0 Å². The molecule has 1 aromatic carbocycles. The molecule has 0 saturated carbocycles. The van der Waals surface area contributed by atoms with Crippen LogP contribution in [0.25, 0.3) is 0 Å². The molecule has 0 aliphatic heterocycles. The van der Waals surface area contributed by atoms with Gasteiger partial charge in [-0.3, -0.25) is 5.84 Å². The van der Waals surface area contributed by atoms with E-state index in [-0.39, 0.29) is 5.75 Å². The lowest BCUT2D eigenvalue weighted by molar-refractivity contribution is 0.375. The Bertz CT molecular complexity index is 250. The van der Waals surface area contributed by atoms with Crippen LogP contribution in [0.15, 0.2) is 18.2 Å². The van der Waals surface area contributed by atoms with Crippen molar-refractivity contribution in [2.45, 2.75) is 0 Å². The quantitative estimate of drug-likeness (QED) is 0.433. The molecular formula is C7H10N2O2.